The summed E-state index contributed by atoms with van der Waals surface area (Å²) in [6.07, 6.45) is -2.13. The molecule has 0 bridgehead atoms. The van der Waals surface area contributed by atoms with Gasteiger partial charge in [0, 0.05) is 23.0 Å². The minimum atomic E-state index is -1.49. The normalized spacial score (nSPS) is 28.9. The van der Waals surface area contributed by atoms with Crippen molar-refractivity contribution >= 4 is 84.5 Å². The van der Waals surface area contributed by atoms with Gasteiger partial charge in [-0.05, 0) is 20.9 Å². The molecule has 10 N–H and O–H groups in total. The van der Waals surface area contributed by atoms with Crippen molar-refractivity contribution in [3.8, 4) is 0 Å². The second-order valence-electron chi connectivity index (χ2n) is 9.04. The van der Waals surface area contributed by atoms with E-state index in [1.807, 2.05) is 0 Å². The fourth-order valence-electron chi connectivity index (χ4n) is 3.13. The minimum Gasteiger partial charge on any atom is -0.481 e. The molecule has 16 nitrogen and oxygen atoms in total. The Bertz CT molecular complexity index is 1010. The number of carboxylic acids is 2. The van der Waals surface area contributed by atoms with Crippen molar-refractivity contribution in [1.82, 2.24) is 26.6 Å². The maximum atomic E-state index is 12.9. The fourth-order valence-corrected chi connectivity index (χ4v) is 7.90. The molecule has 1 fully saturated rings. The number of likely N-dealkylation sites (N-methyl/N-ethyl adjacent to an activating group) is 1. The number of aliphatic hydroxyl groups excluding tert-OH is 1. The predicted octanol–water partition coefficient (Wildman–Crippen LogP) is -2.85. The molecule has 1 saturated heterocycles. The smallest absolute Gasteiger partial charge is 0.327 e. The molecule has 1 heterocycles. The standard InChI is InChI=1S/C22H36N6O10S4/c1-9(29)13-6-40-39-5-11(23)18(33)28-17(10(2)30)21(36)27-15(22(37)38)8-42-41-7-14(24-3)20(35)25-12(4-16(31)32)19(34)26-13/h10-15,17,24,30H,4-8,23H2,1-3H3,(H,25,35)(H,26,34)(H,27,36)(H,28,33)(H,31,32)(H,37,38)/t10-,11+,12+,13+,14+,15+,17?/m1/s1. The van der Waals surface area contributed by atoms with Crippen LogP contribution < -0.4 is 32.3 Å². The van der Waals surface area contributed by atoms with E-state index in [0.717, 1.165) is 43.2 Å². The molecular weight excluding hydrogens is 637 g/mol. The van der Waals surface area contributed by atoms with Gasteiger partial charge < -0.3 is 47.6 Å². The van der Waals surface area contributed by atoms with E-state index in [2.05, 4.69) is 26.6 Å². The molecule has 0 aromatic heterocycles. The highest BCUT2D eigenvalue weighted by molar-refractivity contribution is 8.77. The number of carboxylic acid groups (broad SMARTS) is 2. The fraction of sp³-hybridized carbons (Fsp3) is 0.682. The van der Waals surface area contributed by atoms with E-state index in [9.17, 15) is 48.9 Å². The zero-order chi connectivity index (χ0) is 32.0. The van der Waals surface area contributed by atoms with Crippen LogP contribution >= 0.6 is 43.2 Å². The number of carbonyl (C=O) groups excluding carboxylic acids is 5. The van der Waals surface area contributed by atoms with Gasteiger partial charge in [0.2, 0.25) is 23.6 Å². The van der Waals surface area contributed by atoms with E-state index in [1.165, 1.54) is 20.9 Å². The first-order valence-electron chi connectivity index (χ1n) is 12.4. The highest BCUT2D eigenvalue weighted by Crippen LogP contribution is 2.24. The van der Waals surface area contributed by atoms with Crippen LogP contribution in [0.2, 0.25) is 0 Å². The molecule has 0 saturated carbocycles. The lowest BCUT2D eigenvalue weighted by Gasteiger charge is -2.25. The zero-order valence-electron chi connectivity index (χ0n) is 23.0. The van der Waals surface area contributed by atoms with Crippen LogP contribution in [0.15, 0.2) is 0 Å². The molecule has 4 amide bonds. The van der Waals surface area contributed by atoms with Crippen molar-refractivity contribution in [1.29, 1.82) is 0 Å². The summed E-state index contributed by atoms with van der Waals surface area (Å²) in [4.78, 5) is 86.4. The number of Topliss-reactive ketones (excluding diaryl/α,β-unsaturated/α-hetero) is 1. The van der Waals surface area contributed by atoms with E-state index < -0.39 is 90.1 Å². The molecule has 0 aromatic carbocycles. The van der Waals surface area contributed by atoms with Crippen LogP contribution in [0.25, 0.3) is 0 Å². The van der Waals surface area contributed by atoms with E-state index in [1.54, 1.807) is 0 Å². The molecule has 42 heavy (non-hydrogen) atoms. The Hall–Kier alpha value is -2.23. The number of ketones is 1. The number of aliphatic hydroxyl groups is 1. The van der Waals surface area contributed by atoms with Gasteiger partial charge in [0.25, 0.3) is 0 Å². The lowest BCUT2D eigenvalue weighted by molar-refractivity contribution is -0.142. The molecule has 1 aliphatic rings. The van der Waals surface area contributed by atoms with E-state index in [4.69, 9.17) is 5.73 Å². The number of hydrogen-bond acceptors (Lipinski definition) is 14. The average Bonchev–Trinajstić information content (AvgIpc) is 2.90. The number of hydrogen-bond donors (Lipinski definition) is 9. The Kier molecular flexibility index (Phi) is 17.2. The summed E-state index contributed by atoms with van der Waals surface area (Å²) in [5.74, 6) is -6.55. The first-order valence-corrected chi connectivity index (χ1v) is 17.4. The SMILES string of the molecule is CN[C@H]1CSSC[C@@H](C(=O)O)NC(=O)C([C@@H](C)O)NC(=O)[C@@H](N)CSSC[C@@H](C(C)=O)NC(=O)[C@H](CC(=O)O)NC1=O. The molecule has 20 heteroatoms. The summed E-state index contributed by atoms with van der Waals surface area (Å²) in [7, 11) is 5.71. The van der Waals surface area contributed by atoms with Gasteiger partial charge in [-0.2, -0.15) is 0 Å². The van der Waals surface area contributed by atoms with Gasteiger partial charge in [-0.15, -0.1) is 0 Å². The van der Waals surface area contributed by atoms with Crippen LogP contribution in [-0.4, -0.2) is 129 Å². The summed E-state index contributed by atoms with van der Waals surface area (Å²) in [5, 5.41) is 41.1. The van der Waals surface area contributed by atoms with Crippen molar-refractivity contribution in [2.24, 2.45) is 5.73 Å². The van der Waals surface area contributed by atoms with E-state index in [0.29, 0.717) is 0 Å². The van der Waals surface area contributed by atoms with Crippen molar-refractivity contribution in [2.75, 3.05) is 30.1 Å². The first kappa shape index (κ1) is 37.8. The Labute approximate surface area is 257 Å². The second kappa shape index (κ2) is 19.1. The molecule has 1 unspecified atom stereocenters. The number of amides is 4. The van der Waals surface area contributed by atoms with Gasteiger partial charge in [-0.25, -0.2) is 4.79 Å². The van der Waals surface area contributed by atoms with Crippen LogP contribution in [0, 0.1) is 0 Å². The van der Waals surface area contributed by atoms with Gasteiger partial charge in [-0.1, -0.05) is 43.2 Å². The van der Waals surface area contributed by atoms with E-state index in [-0.39, 0.29) is 23.0 Å². The lowest BCUT2D eigenvalue weighted by atomic mass is 10.1. The summed E-state index contributed by atoms with van der Waals surface area (Å²) >= 11 is 0. The van der Waals surface area contributed by atoms with Gasteiger partial charge in [0.1, 0.15) is 18.1 Å². The van der Waals surface area contributed by atoms with Crippen LogP contribution in [0.5, 0.6) is 0 Å². The van der Waals surface area contributed by atoms with E-state index >= 15 is 0 Å². The molecule has 7 atom stereocenters. The number of nitrogens with one attached hydrogen (secondary N) is 5. The zero-order valence-corrected chi connectivity index (χ0v) is 26.3. The highest BCUT2D eigenvalue weighted by atomic mass is 33.1. The van der Waals surface area contributed by atoms with Crippen molar-refractivity contribution in [3.05, 3.63) is 0 Å². The molecular formula is C22H36N6O10S4. The minimum absolute atomic E-state index is 0.00205. The van der Waals surface area contributed by atoms with Gasteiger partial charge in [-0.3, -0.25) is 28.8 Å². The lowest BCUT2D eigenvalue weighted by Crippen LogP contribution is -2.58. The van der Waals surface area contributed by atoms with Gasteiger partial charge in [0.15, 0.2) is 5.78 Å². The summed E-state index contributed by atoms with van der Waals surface area (Å²) < 4.78 is 0. The van der Waals surface area contributed by atoms with Crippen LogP contribution in [0.3, 0.4) is 0 Å². The Morgan fingerprint density at radius 3 is 1.93 bits per heavy atom. The molecule has 0 aromatic rings. The number of nitrogens with two attached hydrogens (primary N) is 1. The third-order valence-corrected chi connectivity index (χ3v) is 10.5. The van der Waals surface area contributed by atoms with Gasteiger partial charge >= 0.3 is 11.9 Å². The number of carbonyl (C=O) groups is 7. The molecule has 1 aliphatic heterocycles. The monoisotopic (exact) mass is 672 g/mol. The van der Waals surface area contributed by atoms with Crippen molar-refractivity contribution in [2.45, 2.75) is 62.6 Å². The molecule has 238 valence electrons. The van der Waals surface area contributed by atoms with Crippen molar-refractivity contribution in [3.63, 3.8) is 0 Å². The third kappa shape index (κ3) is 13.4. The summed E-state index contributed by atoms with van der Waals surface area (Å²) in [6.45, 7) is 2.47. The van der Waals surface area contributed by atoms with Crippen LogP contribution in [-0.2, 0) is 33.6 Å². The maximum absolute atomic E-state index is 12.9. The van der Waals surface area contributed by atoms with Crippen LogP contribution in [0.4, 0.5) is 0 Å². The summed E-state index contributed by atoms with van der Waals surface area (Å²) in [5.41, 5.74) is 5.90. The van der Waals surface area contributed by atoms with Crippen molar-refractivity contribution < 1.29 is 48.9 Å². The molecule has 1 rings (SSSR count). The van der Waals surface area contributed by atoms with Crippen LogP contribution in [0.1, 0.15) is 20.3 Å². The Morgan fingerprint density at radius 1 is 0.857 bits per heavy atom. The average molecular weight is 673 g/mol. The third-order valence-electron chi connectivity index (χ3n) is 5.62. The topological polar surface area (TPSA) is 266 Å². The molecule has 0 aliphatic carbocycles. The summed E-state index contributed by atoms with van der Waals surface area (Å²) in [6, 6.07) is -7.51. The second-order valence-corrected chi connectivity index (χ2v) is 14.1. The quantitative estimate of drug-likeness (QED) is 0.129. The molecule has 0 spiro atoms. The maximum Gasteiger partial charge on any atom is 0.327 e. The Morgan fingerprint density at radius 2 is 1.40 bits per heavy atom. The van der Waals surface area contributed by atoms with Gasteiger partial charge in [0.05, 0.1) is 30.7 Å². The Balaban J connectivity index is 3.21. The number of aliphatic carboxylic acids is 2. The highest BCUT2D eigenvalue weighted by Gasteiger charge is 2.32. The molecule has 0 radical (unpaired) electrons. The largest absolute Gasteiger partial charge is 0.481 e. The number of rotatable bonds is 6. The first-order chi connectivity index (χ1) is 19.7. The predicted molar refractivity (Wildman–Crippen MR) is 161 cm³/mol.